The van der Waals surface area contributed by atoms with Crippen LogP contribution in [0.3, 0.4) is 0 Å². The molecule has 0 radical (unpaired) electrons. The topological polar surface area (TPSA) is 76.1 Å². The van der Waals surface area contributed by atoms with Crippen LogP contribution < -0.4 is 10.6 Å². The summed E-state index contributed by atoms with van der Waals surface area (Å²) in [5.74, 6) is 0.236. The van der Waals surface area contributed by atoms with Crippen molar-refractivity contribution in [2.24, 2.45) is 0 Å². The van der Waals surface area contributed by atoms with Crippen LogP contribution >= 0.6 is 0 Å². The molecule has 0 fully saturated rings. The van der Waals surface area contributed by atoms with E-state index in [1.165, 1.54) is 0 Å². The summed E-state index contributed by atoms with van der Waals surface area (Å²) in [7, 11) is 1.66. The van der Waals surface area contributed by atoms with Crippen molar-refractivity contribution in [1.29, 1.82) is 0 Å². The Morgan fingerprint density at radius 1 is 1.26 bits per heavy atom. The second-order valence-electron chi connectivity index (χ2n) is 5.15. The number of carbonyl (C=O) groups is 1. The lowest BCUT2D eigenvalue weighted by Crippen LogP contribution is -2.24. The molecule has 0 spiro atoms. The van der Waals surface area contributed by atoms with Gasteiger partial charge in [0.05, 0.1) is 0 Å². The zero-order valence-corrected chi connectivity index (χ0v) is 13.5. The SMILES string of the molecule is COCCCNc1nccc(C(=O)NCc2ccccc2C)n1. The van der Waals surface area contributed by atoms with Crippen LogP contribution in [0.2, 0.25) is 0 Å². The van der Waals surface area contributed by atoms with Gasteiger partial charge in [0, 0.05) is 33.0 Å². The first kappa shape index (κ1) is 16.9. The van der Waals surface area contributed by atoms with Gasteiger partial charge in [-0.3, -0.25) is 4.79 Å². The van der Waals surface area contributed by atoms with Crippen LogP contribution in [0.1, 0.15) is 28.0 Å². The molecule has 6 heteroatoms. The zero-order chi connectivity index (χ0) is 16.5. The lowest BCUT2D eigenvalue weighted by Gasteiger charge is -2.08. The third kappa shape index (κ3) is 5.34. The summed E-state index contributed by atoms with van der Waals surface area (Å²) in [6, 6.07) is 9.56. The second kappa shape index (κ2) is 8.85. The molecule has 1 aromatic carbocycles. The highest BCUT2D eigenvalue weighted by atomic mass is 16.5. The third-order valence-electron chi connectivity index (χ3n) is 3.40. The van der Waals surface area contributed by atoms with Gasteiger partial charge >= 0.3 is 0 Å². The van der Waals surface area contributed by atoms with Crippen molar-refractivity contribution in [3.05, 3.63) is 53.3 Å². The Kier molecular flexibility index (Phi) is 6.50. The van der Waals surface area contributed by atoms with Gasteiger partial charge in [0.25, 0.3) is 5.91 Å². The molecule has 0 aliphatic rings. The maximum absolute atomic E-state index is 12.2. The predicted octanol–water partition coefficient (Wildman–Crippen LogP) is 2.16. The van der Waals surface area contributed by atoms with E-state index in [0.29, 0.717) is 31.3 Å². The largest absolute Gasteiger partial charge is 0.385 e. The fourth-order valence-electron chi connectivity index (χ4n) is 2.06. The molecule has 0 atom stereocenters. The van der Waals surface area contributed by atoms with Gasteiger partial charge in [-0.1, -0.05) is 24.3 Å². The Bertz CT molecular complexity index is 646. The Labute approximate surface area is 136 Å². The normalized spacial score (nSPS) is 10.3. The van der Waals surface area contributed by atoms with Gasteiger partial charge < -0.3 is 15.4 Å². The van der Waals surface area contributed by atoms with Gasteiger partial charge in [-0.2, -0.15) is 0 Å². The highest BCUT2D eigenvalue weighted by Gasteiger charge is 2.09. The molecule has 0 saturated carbocycles. The maximum Gasteiger partial charge on any atom is 0.270 e. The van der Waals surface area contributed by atoms with Gasteiger partial charge in [-0.25, -0.2) is 9.97 Å². The monoisotopic (exact) mass is 314 g/mol. The van der Waals surface area contributed by atoms with Crippen LogP contribution in [0, 0.1) is 6.92 Å². The first-order chi connectivity index (χ1) is 11.2. The van der Waals surface area contributed by atoms with Crippen LogP contribution in [0.4, 0.5) is 5.95 Å². The third-order valence-corrected chi connectivity index (χ3v) is 3.40. The minimum Gasteiger partial charge on any atom is -0.385 e. The number of methoxy groups -OCH3 is 1. The van der Waals surface area contributed by atoms with E-state index in [2.05, 4.69) is 20.6 Å². The smallest absolute Gasteiger partial charge is 0.270 e. The fourth-order valence-corrected chi connectivity index (χ4v) is 2.06. The summed E-state index contributed by atoms with van der Waals surface area (Å²) < 4.78 is 4.98. The average molecular weight is 314 g/mol. The van der Waals surface area contributed by atoms with Gasteiger partial charge in [-0.15, -0.1) is 0 Å². The van der Waals surface area contributed by atoms with Crippen molar-refractivity contribution < 1.29 is 9.53 Å². The van der Waals surface area contributed by atoms with E-state index >= 15 is 0 Å². The molecule has 2 aromatic rings. The Hall–Kier alpha value is -2.47. The molecule has 0 saturated heterocycles. The maximum atomic E-state index is 12.2. The molecule has 2 N–H and O–H groups in total. The van der Waals surface area contributed by atoms with E-state index in [-0.39, 0.29) is 5.91 Å². The average Bonchev–Trinajstić information content (AvgIpc) is 2.58. The Balaban J connectivity index is 1.90. The molecule has 0 aliphatic heterocycles. The molecule has 0 aliphatic carbocycles. The minimum atomic E-state index is -0.212. The van der Waals surface area contributed by atoms with Crippen molar-refractivity contribution in [2.75, 3.05) is 25.6 Å². The molecular formula is C17H22N4O2. The summed E-state index contributed by atoms with van der Waals surface area (Å²) in [5, 5.41) is 5.96. The molecule has 1 heterocycles. The molecule has 122 valence electrons. The number of benzene rings is 1. The molecule has 1 amide bonds. The fraction of sp³-hybridized carbons (Fsp3) is 0.353. The number of amides is 1. The molecule has 0 bridgehead atoms. The first-order valence-electron chi connectivity index (χ1n) is 7.59. The van der Waals surface area contributed by atoms with Crippen molar-refractivity contribution in [3.63, 3.8) is 0 Å². The molecule has 1 aromatic heterocycles. The minimum absolute atomic E-state index is 0.212. The van der Waals surface area contributed by atoms with Gasteiger partial charge in [0.2, 0.25) is 5.95 Å². The van der Waals surface area contributed by atoms with Crippen LogP contribution in [0.15, 0.2) is 36.5 Å². The summed E-state index contributed by atoms with van der Waals surface area (Å²) in [6.07, 6.45) is 2.43. The number of aromatic nitrogens is 2. The number of nitrogens with zero attached hydrogens (tertiary/aromatic N) is 2. The standard InChI is InChI=1S/C17H22N4O2/c1-13-6-3-4-7-14(13)12-20-16(22)15-8-10-19-17(21-15)18-9-5-11-23-2/h3-4,6-8,10H,5,9,11-12H2,1-2H3,(H,20,22)(H,18,19,21). The van der Waals surface area contributed by atoms with Crippen molar-refractivity contribution in [2.45, 2.75) is 19.9 Å². The number of hydrogen-bond acceptors (Lipinski definition) is 5. The number of carbonyl (C=O) groups excluding carboxylic acids is 1. The molecule has 6 nitrogen and oxygen atoms in total. The zero-order valence-electron chi connectivity index (χ0n) is 13.5. The summed E-state index contributed by atoms with van der Waals surface area (Å²) >= 11 is 0. The van der Waals surface area contributed by atoms with Crippen molar-refractivity contribution in [3.8, 4) is 0 Å². The second-order valence-corrected chi connectivity index (χ2v) is 5.15. The summed E-state index contributed by atoms with van der Waals surface area (Å²) in [5.41, 5.74) is 2.59. The molecule has 2 rings (SSSR count). The van der Waals surface area contributed by atoms with Crippen molar-refractivity contribution in [1.82, 2.24) is 15.3 Å². The lowest BCUT2D eigenvalue weighted by atomic mass is 10.1. The molecule has 23 heavy (non-hydrogen) atoms. The first-order valence-corrected chi connectivity index (χ1v) is 7.59. The summed E-state index contributed by atoms with van der Waals surface area (Å²) in [4.78, 5) is 20.5. The van der Waals surface area contributed by atoms with Crippen molar-refractivity contribution >= 4 is 11.9 Å². The van der Waals surface area contributed by atoms with E-state index in [4.69, 9.17) is 4.74 Å². The molecule has 0 unspecified atom stereocenters. The molecular weight excluding hydrogens is 292 g/mol. The van der Waals surface area contributed by atoms with E-state index in [0.717, 1.165) is 17.5 Å². The van der Waals surface area contributed by atoms with Gasteiger partial charge in [0.1, 0.15) is 5.69 Å². The quantitative estimate of drug-likeness (QED) is 0.730. The number of ether oxygens (including phenoxy) is 1. The Morgan fingerprint density at radius 3 is 2.87 bits per heavy atom. The highest BCUT2D eigenvalue weighted by molar-refractivity contribution is 5.92. The summed E-state index contributed by atoms with van der Waals surface area (Å²) in [6.45, 7) is 3.87. The van der Waals surface area contributed by atoms with E-state index in [1.807, 2.05) is 31.2 Å². The van der Waals surface area contributed by atoms with Crippen LogP contribution in [-0.2, 0) is 11.3 Å². The number of nitrogens with one attached hydrogen (secondary N) is 2. The number of hydrogen-bond donors (Lipinski definition) is 2. The van der Waals surface area contributed by atoms with E-state index in [1.54, 1.807) is 19.4 Å². The number of aryl methyl sites for hydroxylation is 1. The highest BCUT2D eigenvalue weighted by Crippen LogP contribution is 2.07. The van der Waals surface area contributed by atoms with E-state index in [9.17, 15) is 4.79 Å². The predicted molar refractivity (Wildman–Crippen MR) is 89.4 cm³/mol. The van der Waals surface area contributed by atoms with E-state index < -0.39 is 0 Å². The number of rotatable bonds is 8. The Morgan fingerprint density at radius 2 is 2.09 bits per heavy atom. The number of anilines is 1. The van der Waals surface area contributed by atoms with Crippen LogP contribution in [0.5, 0.6) is 0 Å². The van der Waals surface area contributed by atoms with Crippen LogP contribution in [0.25, 0.3) is 0 Å². The van der Waals surface area contributed by atoms with Gasteiger partial charge in [-0.05, 0) is 30.5 Å². The lowest BCUT2D eigenvalue weighted by molar-refractivity contribution is 0.0946. The van der Waals surface area contributed by atoms with Gasteiger partial charge in [0.15, 0.2) is 0 Å². The van der Waals surface area contributed by atoms with Crippen LogP contribution in [-0.4, -0.2) is 36.1 Å².